The molecule has 0 aromatic rings. The molecule has 3 unspecified atom stereocenters. The van der Waals surface area contributed by atoms with Gasteiger partial charge in [-0.2, -0.15) is 0 Å². The van der Waals surface area contributed by atoms with Crippen LogP contribution < -0.4 is 10.2 Å². The van der Waals surface area contributed by atoms with Gasteiger partial charge in [0.25, 0.3) is 0 Å². The third-order valence-corrected chi connectivity index (χ3v) is 3.07. The normalized spacial score (nSPS) is 14.9. The second-order valence-corrected chi connectivity index (χ2v) is 8.92. The number of quaternary nitrogens is 2. The van der Waals surface area contributed by atoms with E-state index in [4.69, 9.17) is 14.9 Å². The molecule has 0 saturated heterocycles. The number of esters is 1. The zero-order valence-electron chi connectivity index (χ0n) is 18.0. The van der Waals surface area contributed by atoms with Crippen LogP contribution in [-0.4, -0.2) is 111 Å². The van der Waals surface area contributed by atoms with Crippen molar-refractivity contribution < 1.29 is 48.5 Å². The fraction of sp³-hybridized carbons (Fsp3) is 0.833. The average molecular weight is 408 g/mol. The highest BCUT2D eigenvalue weighted by Gasteiger charge is 2.22. The highest BCUT2D eigenvalue weighted by atomic mass is 16.5. The minimum absolute atomic E-state index is 0.138. The van der Waals surface area contributed by atoms with Gasteiger partial charge in [-0.1, -0.05) is 0 Å². The molecule has 0 aliphatic rings. The van der Waals surface area contributed by atoms with Crippen LogP contribution in [0, 0.1) is 0 Å². The molecule has 2 N–H and O–H groups in total. The van der Waals surface area contributed by atoms with E-state index in [0.29, 0.717) is 22.1 Å². The highest BCUT2D eigenvalue weighted by molar-refractivity contribution is 5.71. The Morgan fingerprint density at radius 3 is 1.57 bits per heavy atom. The molecular formula is C18H36N2O8. The number of nitrogens with zero attached hydrogens (tertiary/aromatic N) is 2. The summed E-state index contributed by atoms with van der Waals surface area (Å²) in [5.41, 5.74) is 0. The molecule has 0 saturated carbocycles. The van der Waals surface area contributed by atoms with Crippen molar-refractivity contribution in [2.45, 2.75) is 44.5 Å². The summed E-state index contributed by atoms with van der Waals surface area (Å²) >= 11 is 0. The molecule has 28 heavy (non-hydrogen) atoms. The molecule has 0 rings (SSSR count). The number of carbonyl (C=O) groups is 3. The number of hydrogen-bond donors (Lipinski definition) is 2. The van der Waals surface area contributed by atoms with Crippen molar-refractivity contribution in [2.24, 2.45) is 0 Å². The number of aliphatic hydroxyl groups excluding tert-OH is 2. The van der Waals surface area contributed by atoms with E-state index in [1.807, 2.05) is 42.3 Å². The van der Waals surface area contributed by atoms with E-state index < -0.39 is 36.2 Å². The number of likely N-dealkylation sites (N-methyl/N-ethyl adjacent to an activating group) is 2. The SMILES string of the molecule is CC(O)CC(=O)OC(CC(=O)[O-])C[N+](C)(C)C.C[N+](C)(C)CC(O)CC(=O)[O-]. The summed E-state index contributed by atoms with van der Waals surface area (Å²) in [5, 5.41) is 38.7. The predicted molar refractivity (Wildman–Crippen MR) is 97.2 cm³/mol. The zero-order chi connectivity index (χ0) is 22.7. The average Bonchev–Trinajstić information content (AvgIpc) is 2.30. The van der Waals surface area contributed by atoms with Crippen molar-refractivity contribution in [2.75, 3.05) is 55.4 Å². The summed E-state index contributed by atoms with van der Waals surface area (Å²) in [6.45, 7) is 2.27. The van der Waals surface area contributed by atoms with Gasteiger partial charge in [0.1, 0.15) is 19.2 Å². The fourth-order valence-electron chi connectivity index (χ4n) is 2.30. The van der Waals surface area contributed by atoms with E-state index in [1.165, 1.54) is 6.92 Å². The Morgan fingerprint density at radius 1 is 0.821 bits per heavy atom. The molecule has 10 heteroatoms. The predicted octanol–water partition coefficient (Wildman–Crippen LogP) is -3.29. The van der Waals surface area contributed by atoms with Crippen LogP contribution in [0.3, 0.4) is 0 Å². The number of carboxylic acid groups (broad SMARTS) is 2. The quantitative estimate of drug-likeness (QED) is 0.267. The van der Waals surface area contributed by atoms with Gasteiger partial charge in [0.2, 0.25) is 0 Å². The van der Waals surface area contributed by atoms with Crippen molar-refractivity contribution >= 4 is 17.9 Å². The van der Waals surface area contributed by atoms with Crippen LogP contribution in [0.4, 0.5) is 0 Å². The first-order chi connectivity index (χ1) is 12.4. The van der Waals surface area contributed by atoms with Crippen molar-refractivity contribution in [3.63, 3.8) is 0 Å². The molecule has 0 amide bonds. The summed E-state index contributed by atoms with van der Waals surface area (Å²) in [6.07, 6.45) is -3.08. The van der Waals surface area contributed by atoms with Crippen molar-refractivity contribution in [1.29, 1.82) is 0 Å². The number of ether oxygens (including phenoxy) is 1. The van der Waals surface area contributed by atoms with E-state index >= 15 is 0 Å². The number of aliphatic carboxylic acids is 2. The summed E-state index contributed by atoms with van der Waals surface area (Å²) in [6, 6.07) is 0. The van der Waals surface area contributed by atoms with Gasteiger partial charge < -0.3 is 43.7 Å². The number of carbonyl (C=O) groups excluding carboxylic acids is 3. The van der Waals surface area contributed by atoms with Gasteiger partial charge in [-0.25, -0.2) is 0 Å². The van der Waals surface area contributed by atoms with Gasteiger partial charge in [-0.05, 0) is 6.92 Å². The number of aliphatic hydroxyl groups is 2. The molecule has 0 radical (unpaired) electrons. The van der Waals surface area contributed by atoms with Gasteiger partial charge in [0.15, 0.2) is 6.10 Å². The van der Waals surface area contributed by atoms with Crippen molar-refractivity contribution in [3.05, 3.63) is 0 Å². The fourth-order valence-corrected chi connectivity index (χ4v) is 2.30. The molecule has 10 nitrogen and oxygen atoms in total. The van der Waals surface area contributed by atoms with Crippen LogP contribution >= 0.6 is 0 Å². The van der Waals surface area contributed by atoms with Crippen LogP contribution in [-0.2, 0) is 19.1 Å². The van der Waals surface area contributed by atoms with Gasteiger partial charge in [0, 0.05) is 24.8 Å². The molecule has 0 aromatic carbocycles. The first-order valence-electron chi connectivity index (χ1n) is 8.97. The maximum atomic E-state index is 11.3. The number of carboxylic acids is 2. The van der Waals surface area contributed by atoms with Gasteiger partial charge >= 0.3 is 5.97 Å². The molecular weight excluding hydrogens is 372 g/mol. The Kier molecular flexibility index (Phi) is 12.9. The van der Waals surface area contributed by atoms with Gasteiger partial charge in [0.05, 0.1) is 54.8 Å². The first-order valence-corrected chi connectivity index (χ1v) is 8.97. The smallest absolute Gasteiger partial charge is 0.308 e. The van der Waals surface area contributed by atoms with E-state index in [1.54, 1.807) is 0 Å². The van der Waals surface area contributed by atoms with E-state index in [-0.39, 0.29) is 19.3 Å². The minimum Gasteiger partial charge on any atom is -0.550 e. The highest BCUT2D eigenvalue weighted by Crippen LogP contribution is 2.06. The third kappa shape index (κ3) is 22.3. The molecule has 0 aromatic heterocycles. The van der Waals surface area contributed by atoms with Crippen LogP contribution in [0.2, 0.25) is 0 Å². The molecule has 3 atom stereocenters. The molecule has 0 heterocycles. The second kappa shape index (κ2) is 12.7. The third-order valence-electron chi connectivity index (χ3n) is 3.07. The van der Waals surface area contributed by atoms with Crippen LogP contribution in [0.15, 0.2) is 0 Å². The largest absolute Gasteiger partial charge is 0.550 e. The lowest BCUT2D eigenvalue weighted by molar-refractivity contribution is -0.873. The maximum Gasteiger partial charge on any atom is 0.308 e. The number of rotatable bonds is 11. The van der Waals surface area contributed by atoms with E-state index in [2.05, 4.69) is 0 Å². The second-order valence-electron chi connectivity index (χ2n) is 8.92. The van der Waals surface area contributed by atoms with E-state index in [0.717, 1.165) is 0 Å². The van der Waals surface area contributed by atoms with Crippen molar-refractivity contribution in [3.8, 4) is 0 Å². The summed E-state index contributed by atoms with van der Waals surface area (Å²) < 4.78 is 6.03. The monoisotopic (exact) mass is 408 g/mol. The Bertz CT molecular complexity index is 495. The Hall–Kier alpha value is -1.75. The Morgan fingerprint density at radius 2 is 1.25 bits per heavy atom. The lowest BCUT2D eigenvalue weighted by Gasteiger charge is -2.29. The van der Waals surface area contributed by atoms with Gasteiger partial charge in [-0.3, -0.25) is 4.79 Å². The minimum atomic E-state index is -1.26. The summed E-state index contributed by atoms with van der Waals surface area (Å²) in [7, 11) is 11.3. The Labute approximate surface area is 167 Å². The van der Waals surface area contributed by atoms with Gasteiger partial charge in [-0.15, -0.1) is 0 Å². The zero-order valence-corrected chi connectivity index (χ0v) is 18.0. The first kappa shape index (κ1) is 28.5. The topological polar surface area (TPSA) is 147 Å². The summed E-state index contributed by atoms with van der Waals surface area (Å²) in [5.74, 6) is -3.06. The molecule has 0 spiro atoms. The molecule has 166 valence electrons. The molecule has 0 bridgehead atoms. The molecule has 0 aliphatic carbocycles. The lowest BCUT2D eigenvalue weighted by atomic mass is 10.2. The number of hydrogen-bond acceptors (Lipinski definition) is 8. The Balaban J connectivity index is 0. The van der Waals surface area contributed by atoms with Crippen LogP contribution in [0.25, 0.3) is 0 Å². The molecule has 0 fully saturated rings. The van der Waals surface area contributed by atoms with Crippen molar-refractivity contribution in [1.82, 2.24) is 0 Å². The van der Waals surface area contributed by atoms with Crippen LogP contribution in [0.1, 0.15) is 26.2 Å². The van der Waals surface area contributed by atoms with E-state index in [9.17, 15) is 24.6 Å². The van der Waals surface area contributed by atoms with Crippen LogP contribution in [0.5, 0.6) is 0 Å². The summed E-state index contributed by atoms with van der Waals surface area (Å²) in [4.78, 5) is 31.9. The maximum absolute atomic E-state index is 11.3. The molecule has 0 aliphatic heterocycles. The lowest BCUT2D eigenvalue weighted by Crippen LogP contribution is -2.45. The standard InChI is InChI=1S/C11H21NO5.C7H15NO3/c1-8(13)5-11(16)17-9(6-10(14)15)7-12(2,3)4;1-8(2,3)5-6(9)4-7(10)11/h8-9,13H,5-7H2,1-4H3;6,9H,4-5H2,1-3H3.